The van der Waals surface area contributed by atoms with Crippen LogP contribution in [-0.4, -0.2) is 73.1 Å². The van der Waals surface area contributed by atoms with E-state index in [2.05, 4.69) is 0 Å². The summed E-state index contributed by atoms with van der Waals surface area (Å²) in [5.74, 6) is -1.12. The number of aliphatic carboxylic acids is 1. The average Bonchev–Trinajstić information content (AvgIpc) is 2.65. The molecule has 2 unspecified atom stereocenters. The van der Waals surface area contributed by atoms with Crippen molar-refractivity contribution in [2.24, 2.45) is 11.8 Å². The summed E-state index contributed by atoms with van der Waals surface area (Å²) >= 11 is 0. The van der Waals surface area contributed by atoms with Crippen LogP contribution >= 0.6 is 0 Å². The summed E-state index contributed by atoms with van der Waals surface area (Å²) in [4.78, 5) is 39.9. The molecule has 0 spiro atoms. The predicted octanol–water partition coefficient (Wildman–Crippen LogP) is 1.10. The molecule has 0 bridgehead atoms. The highest BCUT2D eigenvalue weighted by atomic mass is 16.5. The number of benzene rings is 1. The number of nitrogens with zero attached hydrogens (tertiary/aromatic N) is 2. The largest absolute Gasteiger partial charge is 0.497 e. The van der Waals surface area contributed by atoms with E-state index in [1.54, 1.807) is 35.1 Å². The zero-order valence-electron chi connectivity index (χ0n) is 15.5. The highest BCUT2D eigenvalue weighted by Crippen LogP contribution is 2.36. The van der Waals surface area contributed by atoms with E-state index in [4.69, 9.17) is 14.6 Å². The van der Waals surface area contributed by atoms with Crippen molar-refractivity contribution in [2.75, 3.05) is 40.4 Å². The molecule has 27 heavy (non-hydrogen) atoms. The number of piperazine rings is 1. The van der Waals surface area contributed by atoms with Crippen LogP contribution in [0.25, 0.3) is 0 Å². The Hall–Kier alpha value is -2.77. The third kappa shape index (κ3) is 3.70. The third-order valence-electron chi connectivity index (χ3n) is 5.43. The number of amides is 2. The second-order valence-corrected chi connectivity index (χ2v) is 6.81. The number of ether oxygens (including phenoxy) is 2. The Kier molecular flexibility index (Phi) is 5.53. The predicted molar refractivity (Wildman–Crippen MR) is 95.9 cm³/mol. The van der Waals surface area contributed by atoms with Gasteiger partial charge in [-0.05, 0) is 25.0 Å². The van der Waals surface area contributed by atoms with Crippen molar-refractivity contribution in [1.29, 1.82) is 0 Å². The lowest BCUT2D eigenvalue weighted by molar-refractivity contribution is -0.157. The first kappa shape index (κ1) is 19.0. The summed E-state index contributed by atoms with van der Waals surface area (Å²) < 4.78 is 10.4. The van der Waals surface area contributed by atoms with Crippen LogP contribution in [0.5, 0.6) is 11.5 Å². The normalized spacial score (nSPS) is 22.0. The maximum atomic E-state index is 12.8. The summed E-state index contributed by atoms with van der Waals surface area (Å²) in [7, 11) is 3.04. The molecule has 1 saturated heterocycles. The molecule has 0 radical (unpaired) electrons. The zero-order valence-corrected chi connectivity index (χ0v) is 15.5. The molecule has 8 nitrogen and oxygen atoms in total. The van der Waals surface area contributed by atoms with Crippen LogP contribution in [0.3, 0.4) is 0 Å². The molecule has 146 valence electrons. The van der Waals surface area contributed by atoms with Gasteiger partial charge in [0, 0.05) is 32.2 Å². The van der Waals surface area contributed by atoms with E-state index in [-0.39, 0.29) is 11.8 Å². The fourth-order valence-corrected chi connectivity index (χ4v) is 3.60. The van der Waals surface area contributed by atoms with E-state index < -0.39 is 17.8 Å². The molecule has 1 aliphatic heterocycles. The number of carbonyl (C=O) groups is 3. The van der Waals surface area contributed by atoms with Gasteiger partial charge >= 0.3 is 5.97 Å². The first-order valence-electron chi connectivity index (χ1n) is 8.99. The van der Waals surface area contributed by atoms with Gasteiger partial charge in [0.1, 0.15) is 11.5 Å². The maximum Gasteiger partial charge on any atom is 0.307 e. The Bertz CT molecular complexity index is 742. The highest BCUT2D eigenvalue weighted by molar-refractivity contribution is 5.97. The van der Waals surface area contributed by atoms with E-state index in [1.165, 1.54) is 7.11 Å². The number of carbonyl (C=O) groups excluding carboxylic acids is 2. The van der Waals surface area contributed by atoms with Gasteiger partial charge in [-0.1, -0.05) is 0 Å². The first-order chi connectivity index (χ1) is 13.0. The van der Waals surface area contributed by atoms with Crippen molar-refractivity contribution in [3.63, 3.8) is 0 Å². The van der Waals surface area contributed by atoms with Gasteiger partial charge in [0.05, 0.1) is 31.6 Å². The fourth-order valence-electron chi connectivity index (χ4n) is 3.60. The van der Waals surface area contributed by atoms with Crippen molar-refractivity contribution in [3.8, 4) is 11.5 Å². The van der Waals surface area contributed by atoms with Crippen molar-refractivity contribution in [3.05, 3.63) is 23.8 Å². The van der Waals surface area contributed by atoms with Gasteiger partial charge < -0.3 is 24.4 Å². The second-order valence-electron chi connectivity index (χ2n) is 6.81. The Morgan fingerprint density at radius 1 is 0.963 bits per heavy atom. The Morgan fingerprint density at radius 2 is 1.59 bits per heavy atom. The van der Waals surface area contributed by atoms with Gasteiger partial charge in [0.15, 0.2) is 0 Å². The summed E-state index contributed by atoms with van der Waals surface area (Å²) in [5.41, 5.74) is 0.447. The third-order valence-corrected chi connectivity index (χ3v) is 5.43. The van der Waals surface area contributed by atoms with Crippen LogP contribution in [-0.2, 0) is 9.59 Å². The lowest BCUT2D eigenvalue weighted by atomic mass is 9.73. The van der Waals surface area contributed by atoms with Crippen LogP contribution in [0.15, 0.2) is 18.2 Å². The molecule has 1 heterocycles. The first-order valence-corrected chi connectivity index (χ1v) is 8.99. The summed E-state index contributed by atoms with van der Waals surface area (Å²) in [5, 5.41) is 9.13. The fraction of sp³-hybridized carbons (Fsp3) is 0.526. The molecule has 1 N–H and O–H groups in total. The van der Waals surface area contributed by atoms with Crippen molar-refractivity contribution < 1.29 is 29.0 Å². The maximum absolute atomic E-state index is 12.8. The van der Waals surface area contributed by atoms with Crippen molar-refractivity contribution in [2.45, 2.75) is 12.8 Å². The molecule has 1 aromatic rings. The lowest BCUT2D eigenvalue weighted by Gasteiger charge is -2.40. The SMILES string of the molecule is COc1ccc(C(=O)N2CCN(C(=O)C3CCC3C(=O)O)CC2)c(OC)c1. The molecule has 2 fully saturated rings. The van der Waals surface area contributed by atoms with Crippen LogP contribution in [0, 0.1) is 11.8 Å². The monoisotopic (exact) mass is 376 g/mol. The average molecular weight is 376 g/mol. The molecule has 2 atom stereocenters. The van der Waals surface area contributed by atoms with Gasteiger partial charge in [-0.15, -0.1) is 0 Å². The Morgan fingerprint density at radius 3 is 2.11 bits per heavy atom. The van der Waals surface area contributed by atoms with E-state index in [0.717, 1.165) is 0 Å². The highest BCUT2D eigenvalue weighted by Gasteiger charge is 2.43. The lowest BCUT2D eigenvalue weighted by Crippen LogP contribution is -2.54. The van der Waals surface area contributed by atoms with E-state index in [9.17, 15) is 14.4 Å². The molecule has 1 aromatic carbocycles. The van der Waals surface area contributed by atoms with E-state index in [1.807, 2.05) is 0 Å². The molecule has 0 aromatic heterocycles. The quantitative estimate of drug-likeness (QED) is 0.827. The standard InChI is InChI=1S/C19H24N2O6/c1-26-12-3-4-15(16(11-12)27-2)18(23)21-9-7-20(8-10-21)17(22)13-5-6-14(13)19(24)25/h3-4,11,13-14H,5-10H2,1-2H3,(H,24,25). The molecule has 1 aliphatic carbocycles. The number of carboxylic acid groups (broad SMARTS) is 1. The number of hydrogen-bond donors (Lipinski definition) is 1. The van der Waals surface area contributed by atoms with Gasteiger partial charge in [-0.3, -0.25) is 14.4 Å². The van der Waals surface area contributed by atoms with Crippen LogP contribution in [0.4, 0.5) is 0 Å². The van der Waals surface area contributed by atoms with E-state index in [0.29, 0.717) is 56.1 Å². The number of carboxylic acids is 1. The number of hydrogen-bond acceptors (Lipinski definition) is 5. The van der Waals surface area contributed by atoms with Gasteiger partial charge in [0.25, 0.3) is 5.91 Å². The summed E-state index contributed by atoms with van der Waals surface area (Å²) in [6, 6.07) is 5.04. The van der Waals surface area contributed by atoms with Gasteiger partial charge in [-0.2, -0.15) is 0 Å². The molecule has 3 rings (SSSR count). The molecule has 8 heteroatoms. The Balaban J connectivity index is 1.61. The van der Waals surface area contributed by atoms with Crippen LogP contribution in [0.2, 0.25) is 0 Å². The second kappa shape index (κ2) is 7.85. The summed E-state index contributed by atoms with van der Waals surface area (Å²) in [6.45, 7) is 1.63. The summed E-state index contributed by atoms with van der Waals surface area (Å²) in [6.07, 6.45) is 1.18. The molecule has 1 saturated carbocycles. The van der Waals surface area contributed by atoms with E-state index >= 15 is 0 Å². The minimum Gasteiger partial charge on any atom is -0.497 e. The molecular weight excluding hydrogens is 352 g/mol. The molecular formula is C19H24N2O6. The van der Waals surface area contributed by atoms with Crippen molar-refractivity contribution in [1.82, 2.24) is 9.80 Å². The topological polar surface area (TPSA) is 96.4 Å². The minimum atomic E-state index is -0.903. The zero-order chi connectivity index (χ0) is 19.6. The number of rotatable bonds is 5. The number of methoxy groups -OCH3 is 2. The van der Waals surface area contributed by atoms with Crippen molar-refractivity contribution >= 4 is 17.8 Å². The molecule has 2 amide bonds. The Labute approximate surface area is 157 Å². The molecule has 2 aliphatic rings. The minimum absolute atomic E-state index is 0.109. The van der Waals surface area contributed by atoms with Crippen LogP contribution in [0.1, 0.15) is 23.2 Å². The van der Waals surface area contributed by atoms with Crippen LogP contribution < -0.4 is 9.47 Å². The van der Waals surface area contributed by atoms with Gasteiger partial charge in [-0.25, -0.2) is 0 Å². The smallest absolute Gasteiger partial charge is 0.307 e. The van der Waals surface area contributed by atoms with Gasteiger partial charge in [0.2, 0.25) is 5.91 Å².